The van der Waals surface area contributed by atoms with Gasteiger partial charge in [0.05, 0.1) is 0 Å². The van der Waals surface area contributed by atoms with Gasteiger partial charge >= 0.3 is 84.6 Å². The average Bonchev–Trinajstić information content (AvgIpc) is 2.03. The molecular formula is C8H20O4Ti. The van der Waals surface area contributed by atoms with Crippen LogP contribution in [0.15, 0.2) is 0 Å². The Morgan fingerprint density at radius 3 is 2.23 bits per heavy atom. The summed E-state index contributed by atoms with van der Waals surface area (Å²) in [6.07, 6.45) is 4.20. The average molecular weight is 228 g/mol. The summed E-state index contributed by atoms with van der Waals surface area (Å²) in [4.78, 5) is 0. The minimum atomic E-state index is -4.73. The van der Waals surface area contributed by atoms with Crippen LogP contribution in [0.25, 0.3) is 0 Å². The fourth-order valence-electron chi connectivity index (χ4n) is 1.13. The zero-order valence-corrected chi connectivity index (χ0v) is 9.92. The summed E-state index contributed by atoms with van der Waals surface area (Å²) in [6, 6.07) is 0. The summed E-state index contributed by atoms with van der Waals surface area (Å²) < 4.78 is 30.6. The second-order valence-electron chi connectivity index (χ2n) is 3.30. The van der Waals surface area contributed by atoms with Gasteiger partial charge in [0.2, 0.25) is 0 Å². The van der Waals surface area contributed by atoms with Gasteiger partial charge in [0, 0.05) is 0 Å². The van der Waals surface area contributed by atoms with Crippen molar-refractivity contribution >= 4 is 0 Å². The van der Waals surface area contributed by atoms with Gasteiger partial charge in [0.15, 0.2) is 0 Å². The molecule has 0 radical (unpaired) electrons. The molecule has 0 aliphatic rings. The molecule has 0 amide bonds. The number of unbranched alkanes of at least 4 members (excludes halogenated alkanes) is 1. The van der Waals surface area contributed by atoms with Crippen molar-refractivity contribution < 1.29 is 32.5 Å². The fraction of sp³-hybridized carbons (Fsp3) is 1.00. The van der Waals surface area contributed by atoms with Gasteiger partial charge in [0.25, 0.3) is 0 Å². The van der Waals surface area contributed by atoms with Gasteiger partial charge in [-0.25, -0.2) is 0 Å². The van der Waals surface area contributed by atoms with Crippen LogP contribution in [0.4, 0.5) is 0 Å². The van der Waals surface area contributed by atoms with E-state index in [1.54, 1.807) is 0 Å². The molecule has 0 fully saturated rings. The van der Waals surface area contributed by atoms with Gasteiger partial charge in [-0.3, -0.25) is 0 Å². The second kappa shape index (κ2) is 6.93. The third-order valence-corrected chi connectivity index (χ3v) is 2.92. The SMILES string of the molecule is CCCCC(CC)C[O][Ti]([OH])([OH])[OH]. The molecule has 1 unspecified atom stereocenters. The van der Waals surface area contributed by atoms with Crippen LogP contribution in [0.1, 0.15) is 39.5 Å². The Hall–Kier alpha value is 0.554. The van der Waals surface area contributed by atoms with Gasteiger partial charge in [-0.2, -0.15) is 0 Å². The van der Waals surface area contributed by atoms with Crippen molar-refractivity contribution in [3.8, 4) is 0 Å². The summed E-state index contributed by atoms with van der Waals surface area (Å²) in [7, 11) is 0. The van der Waals surface area contributed by atoms with E-state index < -0.39 is 18.1 Å². The molecule has 1 atom stereocenters. The van der Waals surface area contributed by atoms with Crippen LogP contribution in [0.3, 0.4) is 0 Å². The van der Waals surface area contributed by atoms with E-state index in [-0.39, 0.29) is 6.61 Å². The maximum absolute atomic E-state index is 8.66. The predicted octanol–water partition coefficient (Wildman–Crippen LogP) is 1.01. The van der Waals surface area contributed by atoms with E-state index in [0.717, 1.165) is 25.7 Å². The van der Waals surface area contributed by atoms with Gasteiger partial charge in [0.1, 0.15) is 0 Å². The second-order valence-corrected chi connectivity index (χ2v) is 5.54. The van der Waals surface area contributed by atoms with Crippen LogP contribution in [0, 0.1) is 5.92 Å². The third kappa shape index (κ3) is 8.87. The Morgan fingerprint density at radius 2 is 1.85 bits per heavy atom. The molecule has 0 saturated heterocycles. The monoisotopic (exact) mass is 228 g/mol. The van der Waals surface area contributed by atoms with Crippen LogP contribution >= 0.6 is 0 Å². The maximum atomic E-state index is 8.66. The Kier molecular flexibility index (Phi) is 7.22. The molecule has 13 heavy (non-hydrogen) atoms. The topological polar surface area (TPSA) is 69.9 Å². The molecule has 4 nitrogen and oxygen atoms in total. The summed E-state index contributed by atoms with van der Waals surface area (Å²) >= 11 is -4.73. The summed E-state index contributed by atoms with van der Waals surface area (Å²) in [5, 5.41) is 0. The molecule has 0 aromatic rings. The van der Waals surface area contributed by atoms with Crippen LogP contribution in [-0.2, 0) is 21.5 Å². The van der Waals surface area contributed by atoms with Crippen molar-refractivity contribution in [2.75, 3.05) is 6.61 Å². The van der Waals surface area contributed by atoms with E-state index in [1.165, 1.54) is 0 Å². The van der Waals surface area contributed by atoms with E-state index in [1.807, 2.05) is 6.92 Å². The van der Waals surface area contributed by atoms with E-state index in [0.29, 0.717) is 5.92 Å². The first-order valence-electron chi connectivity index (χ1n) is 4.80. The third-order valence-electron chi connectivity index (χ3n) is 2.06. The molecule has 0 aromatic heterocycles. The van der Waals surface area contributed by atoms with Gasteiger partial charge in [-0.1, -0.05) is 0 Å². The van der Waals surface area contributed by atoms with E-state index in [2.05, 4.69) is 10.2 Å². The summed E-state index contributed by atoms with van der Waals surface area (Å²) in [5.74, 6) is 0.330. The molecule has 0 spiro atoms. The van der Waals surface area contributed by atoms with Crippen LogP contribution in [0.5, 0.6) is 0 Å². The molecule has 3 N–H and O–H groups in total. The van der Waals surface area contributed by atoms with Crippen molar-refractivity contribution in [2.24, 2.45) is 5.92 Å². The van der Waals surface area contributed by atoms with Crippen LogP contribution in [-0.4, -0.2) is 17.7 Å². The van der Waals surface area contributed by atoms with Crippen LogP contribution in [0.2, 0.25) is 0 Å². The van der Waals surface area contributed by atoms with Crippen molar-refractivity contribution in [1.29, 1.82) is 0 Å². The molecule has 0 aliphatic heterocycles. The predicted molar refractivity (Wildman–Crippen MR) is 45.9 cm³/mol. The summed E-state index contributed by atoms with van der Waals surface area (Å²) in [6.45, 7) is 4.41. The van der Waals surface area contributed by atoms with Gasteiger partial charge in [-0.15, -0.1) is 0 Å². The Labute approximate surface area is 84.8 Å². The first kappa shape index (κ1) is 13.6. The zero-order valence-electron chi connectivity index (χ0n) is 8.36. The Morgan fingerprint density at radius 1 is 1.23 bits per heavy atom. The van der Waals surface area contributed by atoms with Crippen molar-refractivity contribution in [3.63, 3.8) is 0 Å². The van der Waals surface area contributed by atoms with Crippen molar-refractivity contribution in [2.45, 2.75) is 39.5 Å². The molecule has 0 rings (SSSR count). The van der Waals surface area contributed by atoms with E-state index in [9.17, 15) is 0 Å². The zero-order chi connectivity index (χ0) is 10.3. The molecule has 0 saturated carbocycles. The minimum absolute atomic E-state index is 0.264. The standard InChI is InChI=1S/C8H17O.3H2O.Ti/c1-3-5-6-8(4-2)7-9;;;;/h8H,3-7H2,1-2H3;3*1H2;/q-1;;;;+4/p-3. The molecule has 0 aliphatic carbocycles. The van der Waals surface area contributed by atoms with Gasteiger partial charge < -0.3 is 0 Å². The molecule has 5 heteroatoms. The quantitative estimate of drug-likeness (QED) is 0.569. The Balaban J connectivity index is 3.59. The number of rotatable bonds is 7. The molecule has 80 valence electrons. The van der Waals surface area contributed by atoms with Crippen molar-refractivity contribution in [1.82, 2.24) is 0 Å². The summed E-state index contributed by atoms with van der Waals surface area (Å²) in [5.41, 5.74) is 0. The normalized spacial score (nSPS) is 14.5. The van der Waals surface area contributed by atoms with E-state index in [4.69, 9.17) is 11.1 Å². The Bertz CT molecular complexity index is 124. The first-order chi connectivity index (χ1) is 5.99. The van der Waals surface area contributed by atoms with E-state index >= 15 is 0 Å². The molecule has 0 heterocycles. The molecule has 0 bridgehead atoms. The van der Waals surface area contributed by atoms with Gasteiger partial charge in [-0.05, 0) is 0 Å². The molecular weight excluding hydrogens is 208 g/mol. The van der Waals surface area contributed by atoms with Crippen LogP contribution < -0.4 is 0 Å². The van der Waals surface area contributed by atoms with Crippen molar-refractivity contribution in [3.05, 3.63) is 0 Å². The first-order valence-corrected chi connectivity index (χ1v) is 7.54. The fourth-order valence-corrected chi connectivity index (χ4v) is 1.84. The number of hydrogen-bond donors (Lipinski definition) is 3. The number of hydrogen-bond acceptors (Lipinski definition) is 4. The molecule has 0 aromatic carbocycles.